The van der Waals surface area contributed by atoms with Crippen LogP contribution in [0.5, 0.6) is 0 Å². The van der Waals surface area contributed by atoms with Gasteiger partial charge in [-0.25, -0.2) is 0 Å². The van der Waals surface area contributed by atoms with Crippen LogP contribution in [0.2, 0.25) is 0 Å². The number of benzene rings is 1. The minimum absolute atomic E-state index is 0.0631. The molecule has 4 heteroatoms. The summed E-state index contributed by atoms with van der Waals surface area (Å²) < 4.78 is 4.99. The largest absolute Gasteiger partial charge is 0.466 e. The monoisotopic (exact) mass is 262 g/mol. The summed E-state index contributed by atoms with van der Waals surface area (Å²) in [6, 6.07) is 10.4. The molecule has 0 amide bonds. The summed E-state index contributed by atoms with van der Waals surface area (Å²) >= 11 is 0. The molecular weight excluding hydrogens is 240 g/mol. The number of likely N-dealkylation sites (tertiary alicyclic amines) is 1. The first-order valence-corrected chi connectivity index (χ1v) is 6.86. The van der Waals surface area contributed by atoms with Gasteiger partial charge in [-0.3, -0.25) is 9.69 Å². The van der Waals surface area contributed by atoms with E-state index < -0.39 is 0 Å². The Kier molecular flexibility index (Phi) is 4.93. The second kappa shape index (κ2) is 6.68. The number of esters is 1. The Morgan fingerprint density at radius 2 is 2.11 bits per heavy atom. The first-order chi connectivity index (χ1) is 9.19. The van der Waals surface area contributed by atoms with Gasteiger partial charge in [0.1, 0.15) is 0 Å². The van der Waals surface area contributed by atoms with Crippen molar-refractivity contribution in [2.75, 3.05) is 19.7 Å². The van der Waals surface area contributed by atoms with E-state index in [2.05, 4.69) is 17.0 Å². The van der Waals surface area contributed by atoms with Crippen molar-refractivity contribution in [2.24, 2.45) is 11.7 Å². The summed E-state index contributed by atoms with van der Waals surface area (Å²) in [6.45, 7) is 4.88. The maximum atomic E-state index is 11.5. The standard InChI is InChI=1S/C15H22N2O2/c1-2-19-15(18)8-13-10-17(11-14(13)16)9-12-6-4-3-5-7-12/h3-7,13-14H,2,8-11,16H2,1H3/t13-,14-/m1/s1. The highest BCUT2D eigenvalue weighted by Gasteiger charge is 2.31. The number of carbonyl (C=O) groups excluding carboxylic acids is 1. The topological polar surface area (TPSA) is 55.6 Å². The highest BCUT2D eigenvalue weighted by atomic mass is 16.5. The Hall–Kier alpha value is -1.39. The van der Waals surface area contributed by atoms with Crippen molar-refractivity contribution >= 4 is 5.97 Å². The molecular formula is C15H22N2O2. The Morgan fingerprint density at radius 1 is 1.37 bits per heavy atom. The van der Waals surface area contributed by atoms with E-state index in [1.165, 1.54) is 5.56 Å². The third-order valence-electron chi connectivity index (χ3n) is 3.55. The lowest BCUT2D eigenvalue weighted by atomic mass is 10.0. The van der Waals surface area contributed by atoms with Crippen LogP contribution in [0.25, 0.3) is 0 Å². The summed E-state index contributed by atoms with van der Waals surface area (Å²) in [6.07, 6.45) is 0.431. The van der Waals surface area contributed by atoms with Gasteiger partial charge < -0.3 is 10.5 Å². The van der Waals surface area contributed by atoms with Gasteiger partial charge >= 0.3 is 5.97 Å². The van der Waals surface area contributed by atoms with E-state index in [-0.39, 0.29) is 17.9 Å². The van der Waals surface area contributed by atoms with E-state index in [4.69, 9.17) is 10.5 Å². The van der Waals surface area contributed by atoms with E-state index in [1.54, 1.807) is 0 Å². The van der Waals surface area contributed by atoms with Crippen molar-refractivity contribution in [1.29, 1.82) is 0 Å². The molecule has 19 heavy (non-hydrogen) atoms. The lowest BCUT2D eigenvalue weighted by molar-refractivity contribution is -0.144. The zero-order valence-corrected chi connectivity index (χ0v) is 11.4. The highest BCUT2D eigenvalue weighted by molar-refractivity contribution is 5.69. The minimum atomic E-state index is -0.135. The molecule has 0 unspecified atom stereocenters. The van der Waals surface area contributed by atoms with E-state index in [1.807, 2.05) is 25.1 Å². The lowest BCUT2D eigenvalue weighted by Gasteiger charge is -2.15. The molecule has 0 aromatic heterocycles. The van der Waals surface area contributed by atoms with E-state index in [0.717, 1.165) is 19.6 Å². The van der Waals surface area contributed by atoms with Crippen LogP contribution in [-0.2, 0) is 16.1 Å². The molecule has 1 fully saturated rings. The van der Waals surface area contributed by atoms with Crippen LogP contribution in [0.1, 0.15) is 18.9 Å². The molecule has 1 heterocycles. The average molecular weight is 262 g/mol. The Morgan fingerprint density at radius 3 is 2.79 bits per heavy atom. The molecule has 0 bridgehead atoms. The first-order valence-electron chi connectivity index (χ1n) is 6.86. The molecule has 1 aliphatic heterocycles. The molecule has 2 atom stereocenters. The predicted octanol–water partition coefficient (Wildman–Crippen LogP) is 1.40. The molecule has 2 rings (SSSR count). The number of hydrogen-bond donors (Lipinski definition) is 1. The Balaban J connectivity index is 1.85. The van der Waals surface area contributed by atoms with Crippen molar-refractivity contribution in [3.8, 4) is 0 Å². The number of nitrogens with two attached hydrogens (primary N) is 1. The van der Waals surface area contributed by atoms with Gasteiger partial charge in [-0.1, -0.05) is 30.3 Å². The SMILES string of the molecule is CCOC(=O)C[C@@H]1CN(Cc2ccccc2)C[C@H]1N. The third-order valence-corrected chi connectivity index (χ3v) is 3.55. The van der Waals surface area contributed by atoms with Gasteiger partial charge in [0, 0.05) is 25.7 Å². The van der Waals surface area contributed by atoms with Crippen LogP contribution in [0, 0.1) is 5.92 Å². The number of ether oxygens (including phenoxy) is 1. The van der Waals surface area contributed by atoms with Crippen molar-refractivity contribution in [3.05, 3.63) is 35.9 Å². The van der Waals surface area contributed by atoms with Crippen LogP contribution in [0.4, 0.5) is 0 Å². The summed E-state index contributed by atoms with van der Waals surface area (Å²) in [5.41, 5.74) is 7.40. The van der Waals surface area contributed by atoms with Gasteiger partial charge in [-0.2, -0.15) is 0 Å². The number of nitrogens with zero attached hydrogens (tertiary/aromatic N) is 1. The fourth-order valence-corrected chi connectivity index (χ4v) is 2.61. The van der Waals surface area contributed by atoms with Crippen LogP contribution in [0.15, 0.2) is 30.3 Å². The van der Waals surface area contributed by atoms with Gasteiger partial charge in [0.2, 0.25) is 0 Å². The lowest BCUT2D eigenvalue weighted by Crippen LogP contribution is -2.31. The molecule has 0 aliphatic carbocycles. The minimum Gasteiger partial charge on any atom is -0.466 e. The zero-order valence-electron chi connectivity index (χ0n) is 11.4. The number of hydrogen-bond acceptors (Lipinski definition) is 4. The van der Waals surface area contributed by atoms with Gasteiger partial charge in [0.05, 0.1) is 13.0 Å². The Bertz CT molecular complexity index is 408. The van der Waals surface area contributed by atoms with Crippen LogP contribution < -0.4 is 5.73 Å². The van der Waals surface area contributed by atoms with Crippen LogP contribution in [0.3, 0.4) is 0 Å². The fourth-order valence-electron chi connectivity index (χ4n) is 2.61. The molecule has 1 aliphatic rings. The summed E-state index contributed by atoms with van der Waals surface area (Å²) in [7, 11) is 0. The Labute approximate surface area is 114 Å². The van der Waals surface area contributed by atoms with Gasteiger partial charge in [-0.15, -0.1) is 0 Å². The van der Waals surface area contributed by atoms with Crippen LogP contribution in [-0.4, -0.2) is 36.6 Å². The first kappa shape index (κ1) is 14.0. The second-order valence-electron chi connectivity index (χ2n) is 5.11. The summed E-state index contributed by atoms with van der Waals surface area (Å²) in [5, 5.41) is 0. The number of carbonyl (C=O) groups is 1. The molecule has 4 nitrogen and oxygen atoms in total. The fraction of sp³-hybridized carbons (Fsp3) is 0.533. The molecule has 2 N–H and O–H groups in total. The van der Waals surface area contributed by atoms with Crippen molar-refractivity contribution in [2.45, 2.75) is 25.9 Å². The van der Waals surface area contributed by atoms with Gasteiger partial charge in [-0.05, 0) is 18.4 Å². The zero-order chi connectivity index (χ0) is 13.7. The maximum absolute atomic E-state index is 11.5. The normalized spacial score (nSPS) is 23.5. The van der Waals surface area contributed by atoms with E-state index in [9.17, 15) is 4.79 Å². The second-order valence-corrected chi connectivity index (χ2v) is 5.11. The summed E-state index contributed by atoms with van der Waals surface area (Å²) in [4.78, 5) is 13.8. The van der Waals surface area contributed by atoms with Crippen LogP contribution >= 0.6 is 0 Å². The maximum Gasteiger partial charge on any atom is 0.306 e. The van der Waals surface area contributed by atoms with Gasteiger partial charge in [0.15, 0.2) is 0 Å². The molecule has 0 spiro atoms. The van der Waals surface area contributed by atoms with E-state index >= 15 is 0 Å². The smallest absolute Gasteiger partial charge is 0.306 e. The highest BCUT2D eigenvalue weighted by Crippen LogP contribution is 2.21. The van der Waals surface area contributed by atoms with Crippen molar-refractivity contribution in [1.82, 2.24) is 4.90 Å². The molecule has 0 radical (unpaired) electrons. The quantitative estimate of drug-likeness (QED) is 0.815. The van der Waals surface area contributed by atoms with Crippen molar-refractivity contribution in [3.63, 3.8) is 0 Å². The molecule has 104 valence electrons. The van der Waals surface area contributed by atoms with E-state index in [0.29, 0.717) is 13.0 Å². The van der Waals surface area contributed by atoms with Gasteiger partial charge in [0.25, 0.3) is 0 Å². The predicted molar refractivity (Wildman–Crippen MR) is 74.4 cm³/mol. The third kappa shape index (κ3) is 4.04. The molecule has 0 saturated carbocycles. The molecule has 1 aromatic carbocycles. The van der Waals surface area contributed by atoms with Crippen molar-refractivity contribution < 1.29 is 9.53 Å². The average Bonchev–Trinajstić information content (AvgIpc) is 2.71. The molecule has 1 aromatic rings. The number of rotatable bonds is 5. The summed E-state index contributed by atoms with van der Waals surface area (Å²) in [5.74, 6) is 0.0762. The molecule has 1 saturated heterocycles.